The topological polar surface area (TPSA) is 46.3 Å². The van der Waals surface area contributed by atoms with Gasteiger partial charge < -0.3 is 10.6 Å². The molecule has 0 bridgehead atoms. The first-order chi connectivity index (χ1) is 6.34. The van der Waals surface area contributed by atoms with Crippen molar-refractivity contribution in [3.63, 3.8) is 0 Å². The zero-order valence-corrected chi connectivity index (χ0v) is 10.1. The molecule has 0 fully saturated rings. The van der Waals surface area contributed by atoms with Crippen LogP contribution >= 0.6 is 0 Å². The first-order valence-corrected chi connectivity index (χ1v) is 5.39. The molecule has 3 nitrogen and oxygen atoms in total. The number of rotatable bonds is 5. The minimum absolute atomic E-state index is 0.0624. The molecule has 1 amide bonds. The largest absolute Gasteiger partial charge is 0.341 e. The van der Waals surface area contributed by atoms with Gasteiger partial charge in [-0.15, -0.1) is 0 Å². The molecule has 1 atom stereocenters. The van der Waals surface area contributed by atoms with Crippen molar-refractivity contribution in [3.8, 4) is 0 Å². The summed E-state index contributed by atoms with van der Waals surface area (Å²) in [6.45, 7) is 11.8. The lowest BCUT2D eigenvalue weighted by atomic mass is 10.1. The van der Waals surface area contributed by atoms with Crippen LogP contribution in [0, 0.1) is 11.8 Å². The van der Waals surface area contributed by atoms with E-state index in [1.807, 2.05) is 4.90 Å². The van der Waals surface area contributed by atoms with E-state index in [1.165, 1.54) is 0 Å². The molecule has 0 aliphatic heterocycles. The summed E-state index contributed by atoms with van der Waals surface area (Å²) in [4.78, 5) is 13.6. The van der Waals surface area contributed by atoms with Crippen LogP contribution in [0.5, 0.6) is 0 Å². The van der Waals surface area contributed by atoms with Gasteiger partial charge in [0.15, 0.2) is 0 Å². The third-order valence-corrected chi connectivity index (χ3v) is 1.87. The van der Waals surface area contributed by atoms with E-state index < -0.39 is 0 Å². The van der Waals surface area contributed by atoms with Crippen molar-refractivity contribution in [1.29, 1.82) is 0 Å². The van der Waals surface area contributed by atoms with Gasteiger partial charge >= 0.3 is 0 Å². The number of hydrogen-bond donors (Lipinski definition) is 1. The van der Waals surface area contributed by atoms with Gasteiger partial charge in [0.1, 0.15) is 0 Å². The van der Waals surface area contributed by atoms with Crippen LogP contribution in [0.1, 0.15) is 34.6 Å². The van der Waals surface area contributed by atoms with E-state index in [0.717, 1.165) is 13.1 Å². The van der Waals surface area contributed by atoms with E-state index in [4.69, 9.17) is 5.73 Å². The third-order valence-electron chi connectivity index (χ3n) is 1.87. The summed E-state index contributed by atoms with van der Waals surface area (Å²) < 4.78 is 0. The van der Waals surface area contributed by atoms with Crippen molar-refractivity contribution >= 4 is 5.91 Å². The maximum Gasteiger partial charge on any atom is 0.239 e. The summed E-state index contributed by atoms with van der Waals surface area (Å²) in [6, 6.07) is -0.382. The average Bonchev–Trinajstić information content (AvgIpc) is 1.99. The van der Waals surface area contributed by atoms with E-state index >= 15 is 0 Å². The van der Waals surface area contributed by atoms with Crippen molar-refractivity contribution in [2.24, 2.45) is 17.6 Å². The number of hydrogen-bond acceptors (Lipinski definition) is 2. The molecular formula is C11H24N2O. The Labute approximate surface area is 87.6 Å². The highest BCUT2D eigenvalue weighted by atomic mass is 16.2. The molecule has 3 heteroatoms. The SMILES string of the molecule is CC(C)CN(CC(C)C)C(=O)[C@@H](C)N. The second kappa shape index (κ2) is 6.02. The predicted molar refractivity (Wildman–Crippen MR) is 59.9 cm³/mol. The Morgan fingerprint density at radius 2 is 1.43 bits per heavy atom. The molecule has 0 aliphatic rings. The molecule has 0 rings (SSSR count). The van der Waals surface area contributed by atoms with Gasteiger partial charge in [-0.3, -0.25) is 4.79 Å². The smallest absolute Gasteiger partial charge is 0.239 e. The van der Waals surface area contributed by atoms with E-state index in [-0.39, 0.29) is 11.9 Å². The Balaban J connectivity index is 4.31. The normalized spacial score (nSPS) is 13.4. The van der Waals surface area contributed by atoms with Crippen LogP contribution in [0.15, 0.2) is 0 Å². The van der Waals surface area contributed by atoms with Gasteiger partial charge in [0.05, 0.1) is 6.04 Å². The van der Waals surface area contributed by atoms with Crippen molar-refractivity contribution < 1.29 is 4.79 Å². The molecule has 84 valence electrons. The van der Waals surface area contributed by atoms with E-state index in [2.05, 4.69) is 27.7 Å². The molecule has 0 aliphatic carbocycles. The number of nitrogens with two attached hydrogens (primary N) is 1. The van der Waals surface area contributed by atoms with E-state index in [0.29, 0.717) is 11.8 Å². The standard InChI is InChI=1S/C11H24N2O/c1-8(2)6-13(7-9(3)4)11(14)10(5)12/h8-10H,6-7,12H2,1-5H3/t10-/m1/s1. The number of nitrogens with zero attached hydrogens (tertiary/aromatic N) is 1. The molecule has 0 aromatic carbocycles. The van der Waals surface area contributed by atoms with Gasteiger partial charge in [0, 0.05) is 13.1 Å². The van der Waals surface area contributed by atoms with Crippen molar-refractivity contribution in [2.45, 2.75) is 40.7 Å². The second-order valence-corrected chi connectivity index (χ2v) is 4.82. The summed E-state index contributed by atoms with van der Waals surface area (Å²) in [5.41, 5.74) is 5.60. The molecule has 0 spiro atoms. The minimum Gasteiger partial charge on any atom is -0.341 e. The minimum atomic E-state index is -0.382. The zero-order chi connectivity index (χ0) is 11.3. The highest BCUT2D eigenvalue weighted by molar-refractivity contribution is 5.81. The molecule has 0 unspecified atom stereocenters. The Morgan fingerprint density at radius 3 is 1.64 bits per heavy atom. The summed E-state index contributed by atoms with van der Waals surface area (Å²) in [6.07, 6.45) is 0. The summed E-state index contributed by atoms with van der Waals surface area (Å²) in [5, 5.41) is 0. The van der Waals surface area contributed by atoms with Crippen LogP contribution in [-0.2, 0) is 4.79 Å². The predicted octanol–water partition coefficient (Wildman–Crippen LogP) is 1.47. The lowest BCUT2D eigenvalue weighted by Gasteiger charge is -2.27. The van der Waals surface area contributed by atoms with E-state index in [9.17, 15) is 4.79 Å². The molecular weight excluding hydrogens is 176 g/mol. The fourth-order valence-corrected chi connectivity index (χ4v) is 1.42. The molecule has 0 saturated heterocycles. The quantitative estimate of drug-likeness (QED) is 0.730. The van der Waals surface area contributed by atoms with Crippen LogP contribution < -0.4 is 5.73 Å². The van der Waals surface area contributed by atoms with Gasteiger partial charge in [-0.05, 0) is 18.8 Å². The zero-order valence-electron chi connectivity index (χ0n) is 10.1. The lowest BCUT2D eigenvalue weighted by molar-refractivity contribution is -0.133. The summed E-state index contributed by atoms with van der Waals surface area (Å²) in [5.74, 6) is 1.06. The monoisotopic (exact) mass is 200 g/mol. The molecule has 0 saturated carbocycles. The first-order valence-electron chi connectivity index (χ1n) is 5.39. The van der Waals surface area contributed by atoms with Crippen LogP contribution in [0.4, 0.5) is 0 Å². The molecule has 0 aromatic rings. The fraction of sp³-hybridized carbons (Fsp3) is 0.909. The van der Waals surface area contributed by atoms with Crippen molar-refractivity contribution in [3.05, 3.63) is 0 Å². The van der Waals surface area contributed by atoms with Gasteiger partial charge in [-0.1, -0.05) is 27.7 Å². The molecule has 0 radical (unpaired) electrons. The highest BCUT2D eigenvalue weighted by Crippen LogP contribution is 2.05. The van der Waals surface area contributed by atoms with Gasteiger partial charge in [0.2, 0.25) is 5.91 Å². The second-order valence-electron chi connectivity index (χ2n) is 4.82. The maximum atomic E-state index is 11.7. The third kappa shape index (κ3) is 5.22. The van der Waals surface area contributed by atoms with E-state index in [1.54, 1.807) is 6.92 Å². The maximum absolute atomic E-state index is 11.7. The van der Waals surface area contributed by atoms with Gasteiger partial charge in [0.25, 0.3) is 0 Å². The molecule has 14 heavy (non-hydrogen) atoms. The fourth-order valence-electron chi connectivity index (χ4n) is 1.42. The lowest BCUT2D eigenvalue weighted by Crippen LogP contribution is -2.45. The Bertz CT molecular complexity index is 166. The van der Waals surface area contributed by atoms with Crippen molar-refractivity contribution in [2.75, 3.05) is 13.1 Å². The molecule has 0 heterocycles. The van der Waals surface area contributed by atoms with Gasteiger partial charge in [-0.25, -0.2) is 0 Å². The average molecular weight is 200 g/mol. The van der Waals surface area contributed by atoms with Crippen LogP contribution in [0.3, 0.4) is 0 Å². The first kappa shape index (κ1) is 13.4. The summed E-state index contributed by atoms with van der Waals surface area (Å²) in [7, 11) is 0. The molecule has 0 aromatic heterocycles. The van der Waals surface area contributed by atoms with Crippen LogP contribution in [0.25, 0.3) is 0 Å². The molecule has 2 N–H and O–H groups in total. The Kier molecular flexibility index (Phi) is 5.77. The number of carbonyl (C=O) groups excluding carboxylic acids is 1. The summed E-state index contributed by atoms with van der Waals surface area (Å²) >= 11 is 0. The number of amides is 1. The highest BCUT2D eigenvalue weighted by Gasteiger charge is 2.18. The Morgan fingerprint density at radius 1 is 1.07 bits per heavy atom. The van der Waals surface area contributed by atoms with Crippen LogP contribution in [-0.4, -0.2) is 29.9 Å². The van der Waals surface area contributed by atoms with Crippen LogP contribution in [0.2, 0.25) is 0 Å². The van der Waals surface area contributed by atoms with Gasteiger partial charge in [-0.2, -0.15) is 0 Å². The Hall–Kier alpha value is -0.570. The van der Waals surface area contributed by atoms with Crippen molar-refractivity contribution in [1.82, 2.24) is 4.90 Å². The number of carbonyl (C=O) groups is 1.